The first-order valence-electron chi connectivity index (χ1n) is 10.7. The Morgan fingerprint density at radius 1 is 1.06 bits per heavy atom. The van der Waals surface area contributed by atoms with Gasteiger partial charge in [0.25, 0.3) is 5.56 Å². The van der Waals surface area contributed by atoms with Crippen LogP contribution in [0.4, 0.5) is 10.7 Å². The van der Waals surface area contributed by atoms with Gasteiger partial charge < -0.3 is 20.2 Å². The molecule has 14 heteroatoms. The molecule has 0 atom stereocenters. The number of carbonyl (C=O) groups is 2. The van der Waals surface area contributed by atoms with Crippen LogP contribution in [0.3, 0.4) is 0 Å². The van der Waals surface area contributed by atoms with E-state index in [4.69, 9.17) is 21.2 Å². The largest absolute Gasteiger partial charge is 0.444 e. The maximum absolute atomic E-state index is 13.0. The maximum atomic E-state index is 13.0. The van der Waals surface area contributed by atoms with E-state index in [9.17, 15) is 19.2 Å². The van der Waals surface area contributed by atoms with E-state index in [2.05, 4.69) is 25.6 Å². The lowest BCUT2D eigenvalue weighted by Gasteiger charge is -2.19. The smallest absolute Gasteiger partial charge is 0.407 e. The molecule has 3 aromatic rings. The molecular formula is C22H24ClN7O6. The highest BCUT2D eigenvalue weighted by Crippen LogP contribution is 2.09. The first kappa shape index (κ1) is 26.3. The van der Waals surface area contributed by atoms with Gasteiger partial charge in [-0.3, -0.25) is 4.79 Å². The molecule has 0 fully saturated rings. The number of carbonyl (C=O) groups excluding carboxylic acids is 2. The second-order valence-electron chi connectivity index (χ2n) is 8.39. The van der Waals surface area contributed by atoms with E-state index in [0.29, 0.717) is 4.73 Å². The third-order valence-corrected chi connectivity index (χ3v) is 4.47. The van der Waals surface area contributed by atoms with Crippen LogP contribution < -0.4 is 26.7 Å². The molecule has 2 heterocycles. The van der Waals surface area contributed by atoms with Gasteiger partial charge in [0.1, 0.15) is 5.60 Å². The molecule has 0 saturated carbocycles. The summed E-state index contributed by atoms with van der Waals surface area (Å²) in [7, 11) is 0. The van der Waals surface area contributed by atoms with Gasteiger partial charge in [0, 0.05) is 24.8 Å². The van der Waals surface area contributed by atoms with Crippen molar-refractivity contribution in [1.29, 1.82) is 0 Å². The zero-order valence-corrected chi connectivity index (χ0v) is 20.7. The molecule has 0 saturated heterocycles. The number of halogens is 1. The Balaban J connectivity index is 1.81. The van der Waals surface area contributed by atoms with Crippen molar-refractivity contribution in [1.82, 2.24) is 29.6 Å². The summed E-state index contributed by atoms with van der Waals surface area (Å²) in [5.74, 6) is -1.13. The van der Waals surface area contributed by atoms with Gasteiger partial charge in [-0.05, 0) is 51.4 Å². The lowest BCUT2D eigenvalue weighted by Crippen LogP contribution is -2.46. The van der Waals surface area contributed by atoms with Crippen molar-refractivity contribution in [2.24, 2.45) is 0 Å². The molecule has 0 radical (unpaired) electrons. The predicted octanol–water partition coefficient (Wildman–Crippen LogP) is 1.35. The van der Waals surface area contributed by atoms with Crippen LogP contribution in [0.15, 0.2) is 46.1 Å². The molecular weight excluding hydrogens is 494 g/mol. The fourth-order valence-electron chi connectivity index (χ4n) is 2.76. The van der Waals surface area contributed by atoms with Crippen LogP contribution in [0.5, 0.6) is 0 Å². The lowest BCUT2D eigenvalue weighted by molar-refractivity contribution is 0.0411. The molecule has 1 aromatic carbocycles. The standard InChI is InChI=1S/C22H24ClN7O6/c1-13-12-29(21(34)30(15(13)31)36-16(32)14-8-6-5-7-9-14)19-27-17(23)26-18(28-19)24-10-11-25-20(33)35-22(2,3)4/h5-9,12H,10-11H2,1-4H3,(H,25,33)(H,24,26,27,28). The maximum Gasteiger partial charge on any atom is 0.407 e. The van der Waals surface area contributed by atoms with Crippen molar-refractivity contribution in [3.05, 3.63) is 73.8 Å². The van der Waals surface area contributed by atoms with Crippen LogP contribution in [0.25, 0.3) is 5.95 Å². The van der Waals surface area contributed by atoms with Crippen LogP contribution in [0.2, 0.25) is 5.28 Å². The monoisotopic (exact) mass is 517 g/mol. The number of rotatable bonds is 7. The quantitative estimate of drug-likeness (QED) is 0.438. The highest BCUT2D eigenvalue weighted by atomic mass is 35.5. The number of nitrogens with zero attached hydrogens (tertiary/aromatic N) is 5. The van der Waals surface area contributed by atoms with E-state index in [0.717, 1.165) is 4.57 Å². The van der Waals surface area contributed by atoms with Crippen molar-refractivity contribution in [3.8, 4) is 5.95 Å². The number of amides is 1. The molecule has 190 valence electrons. The highest BCUT2D eigenvalue weighted by Gasteiger charge is 2.19. The topological polar surface area (TPSA) is 159 Å². The molecule has 0 aliphatic heterocycles. The van der Waals surface area contributed by atoms with E-state index in [1.165, 1.54) is 25.3 Å². The van der Waals surface area contributed by atoms with E-state index in [1.807, 2.05) is 0 Å². The van der Waals surface area contributed by atoms with E-state index in [1.54, 1.807) is 39.0 Å². The first-order chi connectivity index (χ1) is 16.9. The van der Waals surface area contributed by atoms with Crippen molar-refractivity contribution >= 4 is 29.6 Å². The minimum absolute atomic E-state index is 0.000396. The number of aromatic nitrogens is 5. The summed E-state index contributed by atoms with van der Waals surface area (Å²) in [6.45, 7) is 7.03. The molecule has 0 aliphatic carbocycles. The summed E-state index contributed by atoms with van der Waals surface area (Å²) >= 11 is 6.00. The van der Waals surface area contributed by atoms with Crippen molar-refractivity contribution in [3.63, 3.8) is 0 Å². The van der Waals surface area contributed by atoms with Gasteiger partial charge >= 0.3 is 17.8 Å². The number of ether oxygens (including phenoxy) is 1. The molecule has 2 N–H and O–H groups in total. The van der Waals surface area contributed by atoms with Gasteiger partial charge in [-0.1, -0.05) is 22.9 Å². The predicted molar refractivity (Wildman–Crippen MR) is 130 cm³/mol. The number of aryl methyl sites for hydroxylation is 1. The summed E-state index contributed by atoms with van der Waals surface area (Å²) in [5.41, 5.74) is -2.28. The third-order valence-electron chi connectivity index (χ3n) is 4.30. The Morgan fingerprint density at radius 2 is 1.75 bits per heavy atom. The zero-order chi connectivity index (χ0) is 26.5. The Kier molecular flexibility index (Phi) is 8.04. The second kappa shape index (κ2) is 11.0. The molecule has 1 amide bonds. The van der Waals surface area contributed by atoms with E-state index >= 15 is 0 Å². The fourth-order valence-corrected chi connectivity index (χ4v) is 2.92. The molecule has 0 unspecified atom stereocenters. The Labute approximate surface area is 210 Å². The minimum atomic E-state index is -1.03. The number of nitrogens with one attached hydrogen (secondary N) is 2. The van der Waals surface area contributed by atoms with Gasteiger partial charge in [-0.2, -0.15) is 15.0 Å². The number of anilines is 1. The minimum Gasteiger partial charge on any atom is -0.444 e. The summed E-state index contributed by atoms with van der Waals surface area (Å²) in [5, 5.41) is 5.16. The van der Waals surface area contributed by atoms with Gasteiger partial charge in [0.15, 0.2) is 0 Å². The second-order valence-corrected chi connectivity index (χ2v) is 8.73. The van der Waals surface area contributed by atoms with Crippen molar-refractivity contribution in [2.75, 3.05) is 18.4 Å². The number of benzene rings is 1. The van der Waals surface area contributed by atoms with Gasteiger partial charge in [0.05, 0.1) is 5.56 Å². The molecule has 0 bridgehead atoms. The number of hydrogen-bond acceptors (Lipinski definition) is 10. The van der Waals surface area contributed by atoms with Gasteiger partial charge in [-0.25, -0.2) is 19.0 Å². The molecule has 0 aliphatic rings. The molecule has 3 rings (SSSR count). The van der Waals surface area contributed by atoms with Crippen LogP contribution in [-0.2, 0) is 4.74 Å². The average Bonchev–Trinajstić information content (AvgIpc) is 2.81. The summed E-state index contributed by atoms with van der Waals surface area (Å²) in [6.07, 6.45) is 0.602. The molecule has 36 heavy (non-hydrogen) atoms. The van der Waals surface area contributed by atoms with Crippen LogP contribution in [0.1, 0.15) is 36.7 Å². The Morgan fingerprint density at radius 3 is 2.42 bits per heavy atom. The van der Waals surface area contributed by atoms with Crippen LogP contribution >= 0.6 is 11.6 Å². The first-order valence-corrected chi connectivity index (χ1v) is 11.1. The average molecular weight is 518 g/mol. The lowest BCUT2D eigenvalue weighted by atomic mass is 10.2. The summed E-state index contributed by atoms with van der Waals surface area (Å²) in [4.78, 5) is 66.7. The highest BCUT2D eigenvalue weighted by molar-refractivity contribution is 6.28. The molecule has 0 spiro atoms. The summed E-state index contributed by atoms with van der Waals surface area (Å²) in [6, 6.07) is 7.87. The fraction of sp³-hybridized carbons (Fsp3) is 0.318. The van der Waals surface area contributed by atoms with Crippen LogP contribution in [0, 0.1) is 6.92 Å². The van der Waals surface area contributed by atoms with Crippen LogP contribution in [-0.4, -0.2) is 55.0 Å². The molecule has 2 aromatic heterocycles. The van der Waals surface area contributed by atoms with Crippen molar-refractivity contribution < 1.29 is 19.2 Å². The van der Waals surface area contributed by atoms with E-state index < -0.39 is 28.9 Å². The third kappa shape index (κ3) is 6.88. The SMILES string of the molecule is Cc1cn(-c2nc(Cl)nc(NCCNC(=O)OC(C)(C)C)n2)c(=O)n(OC(=O)c2ccccc2)c1=O. The number of alkyl carbamates (subject to hydrolysis) is 1. The normalized spacial score (nSPS) is 11.0. The summed E-state index contributed by atoms with van der Waals surface area (Å²) < 4.78 is 6.36. The van der Waals surface area contributed by atoms with Crippen molar-refractivity contribution in [2.45, 2.75) is 33.3 Å². The Hall–Kier alpha value is -4.26. The number of hydrogen-bond donors (Lipinski definition) is 2. The Bertz CT molecular complexity index is 1380. The van der Waals surface area contributed by atoms with E-state index in [-0.39, 0.29) is 41.4 Å². The molecule has 13 nitrogen and oxygen atoms in total. The zero-order valence-electron chi connectivity index (χ0n) is 19.9. The van der Waals surface area contributed by atoms with Gasteiger partial charge in [-0.15, -0.1) is 0 Å². The van der Waals surface area contributed by atoms with Gasteiger partial charge in [0.2, 0.25) is 17.2 Å².